The minimum Gasteiger partial charge on any atom is -0.385 e. The van der Waals surface area contributed by atoms with Gasteiger partial charge >= 0.3 is 0 Å². The fourth-order valence-electron chi connectivity index (χ4n) is 4.10. The number of hydrogen-bond donors (Lipinski definition) is 0. The second kappa shape index (κ2) is 10.8. The van der Waals surface area contributed by atoms with Gasteiger partial charge in [0.1, 0.15) is 0 Å². The number of nitrogens with zero attached hydrogens (tertiary/aromatic N) is 2. The van der Waals surface area contributed by atoms with Gasteiger partial charge in [-0.15, -0.1) is 11.3 Å². The number of benzene rings is 1. The van der Waals surface area contributed by atoms with E-state index in [-0.39, 0.29) is 29.8 Å². The summed E-state index contributed by atoms with van der Waals surface area (Å²) in [6, 6.07) is 9.66. The number of carbonyl (C=O) groups excluding carboxylic acids is 2. The molecule has 0 bridgehead atoms. The maximum absolute atomic E-state index is 13.6. The van der Waals surface area contributed by atoms with Crippen molar-refractivity contribution in [3.8, 4) is 0 Å². The molecule has 2 heterocycles. The van der Waals surface area contributed by atoms with Crippen molar-refractivity contribution in [2.75, 3.05) is 33.4 Å². The van der Waals surface area contributed by atoms with Crippen molar-refractivity contribution >= 4 is 34.8 Å². The van der Waals surface area contributed by atoms with Crippen LogP contribution in [0, 0.1) is 5.41 Å². The number of thiophene rings is 1. The molecular weight excluding hydrogens is 444 g/mol. The average molecular weight is 477 g/mol. The molecule has 1 atom stereocenters. The fraction of sp³-hybridized carbons (Fsp3) is 0.520. The summed E-state index contributed by atoms with van der Waals surface area (Å²) in [6.07, 6.45) is 1.94. The molecule has 0 radical (unpaired) electrons. The van der Waals surface area contributed by atoms with Crippen molar-refractivity contribution in [1.82, 2.24) is 9.80 Å². The third-order valence-electron chi connectivity index (χ3n) is 5.61. The molecule has 174 valence electrons. The van der Waals surface area contributed by atoms with Crippen LogP contribution in [-0.4, -0.2) is 55.0 Å². The summed E-state index contributed by atoms with van der Waals surface area (Å²) < 4.78 is 5.17. The van der Waals surface area contributed by atoms with E-state index in [0.717, 1.165) is 12.0 Å². The number of methoxy groups -OCH3 is 1. The molecular formula is C25H33ClN2O3S. The zero-order chi connectivity index (χ0) is 23.3. The molecule has 0 saturated carbocycles. The monoisotopic (exact) mass is 476 g/mol. The smallest absolute Gasteiger partial charge is 0.242 e. The second-order valence-corrected chi connectivity index (χ2v) is 10.9. The molecule has 3 rings (SSSR count). The number of hydrogen-bond acceptors (Lipinski definition) is 4. The van der Waals surface area contributed by atoms with Crippen molar-refractivity contribution < 1.29 is 14.3 Å². The normalized spacial score (nSPS) is 16.0. The van der Waals surface area contributed by atoms with Crippen molar-refractivity contribution in [2.45, 2.75) is 46.1 Å². The highest BCUT2D eigenvalue weighted by atomic mass is 35.5. The highest BCUT2D eigenvalue weighted by Crippen LogP contribution is 2.38. The minimum atomic E-state index is -0.159. The lowest BCUT2D eigenvalue weighted by Gasteiger charge is -2.38. The quantitative estimate of drug-likeness (QED) is 0.493. The molecule has 0 fully saturated rings. The molecule has 32 heavy (non-hydrogen) atoms. The molecule has 1 aromatic carbocycles. The molecule has 0 aliphatic carbocycles. The Morgan fingerprint density at radius 3 is 2.59 bits per heavy atom. The van der Waals surface area contributed by atoms with E-state index < -0.39 is 0 Å². The number of amides is 2. The Kier molecular flexibility index (Phi) is 8.37. The largest absolute Gasteiger partial charge is 0.385 e. The molecule has 1 aliphatic heterocycles. The zero-order valence-corrected chi connectivity index (χ0v) is 21.0. The summed E-state index contributed by atoms with van der Waals surface area (Å²) in [4.78, 5) is 31.5. The number of halogens is 1. The van der Waals surface area contributed by atoms with E-state index >= 15 is 0 Å². The van der Waals surface area contributed by atoms with Crippen molar-refractivity contribution in [1.29, 1.82) is 0 Å². The summed E-state index contributed by atoms with van der Waals surface area (Å²) in [5.74, 6) is -0.0142. The lowest BCUT2D eigenvalue weighted by Crippen LogP contribution is -2.47. The predicted molar refractivity (Wildman–Crippen MR) is 130 cm³/mol. The van der Waals surface area contributed by atoms with Gasteiger partial charge in [-0.25, -0.2) is 0 Å². The van der Waals surface area contributed by atoms with Gasteiger partial charge in [-0.1, -0.05) is 44.5 Å². The number of fused-ring (bicyclic) bond motifs is 1. The third kappa shape index (κ3) is 6.33. The molecule has 7 heteroatoms. The van der Waals surface area contributed by atoms with Crippen molar-refractivity contribution in [3.05, 3.63) is 56.7 Å². The van der Waals surface area contributed by atoms with Crippen LogP contribution < -0.4 is 0 Å². The number of ether oxygens (including phenoxy) is 1. The Morgan fingerprint density at radius 1 is 1.22 bits per heavy atom. The van der Waals surface area contributed by atoms with E-state index in [1.807, 2.05) is 49.9 Å². The first-order valence-corrected chi connectivity index (χ1v) is 12.3. The zero-order valence-electron chi connectivity index (χ0n) is 19.4. The van der Waals surface area contributed by atoms with Crippen LogP contribution in [-0.2, 0) is 20.7 Å². The van der Waals surface area contributed by atoms with Gasteiger partial charge in [0.15, 0.2) is 0 Å². The lowest BCUT2D eigenvalue weighted by molar-refractivity contribution is -0.142. The first-order valence-electron chi connectivity index (χ1n) is 11.1. The van der Waals surface area contributed by atoms with Gasteiger partial charge in [-0.2, -0.15) is 0 Å². The van der Waals surface area contributed by atoms with Gasteiger partial charge in [-0.05, 0) is 53.0 Å². The summed E-state index contributed by atoms with van der Waals surface area (Å²) in [6.45, 7) is 7.92. The van der Waals surface area contributed by atoms with Crippen molar-refractivity contribution in [3.63, 3.8) is 0 Å². The van der Waals surface area contributed by atoms with Crippen LogP contribution in [0.15, 0.2) is 35.7 Å². The van der Waals surface area contributed by atoms with Gasteiger partial charge in [0, 0.05) is 43.1 Å². The Morgan fingerprint density at radius 2 is 1.94 bits per heavy atom. The van der Waals surface area contributed by atoms with E-state index in [1.165, 1.54) is 10.4 Å². The maximum Gasteiger partial charge on any atom is 0.242 e. The van der Waals surface area contributed by atoms with Crippen LogP contribution in [0.4, 0.5) is 0 Å². The van der Waals surface area contributed by atoms with Gasteiger partial charge in [0.25, 0.3) is 0 Å². The van der Waals surface area contributed by atoms with Crippen LogP contribution in [0.2, 0.25) is 5.02 Å². The Hall–Kier alpha value is -1.89. The van der Waals surface area contributed by atoms with E-state index in [2.05, 4.69) is 11.4 Å². The highest BCUT2D eigenvalue weighted by molar-refractivity contribution is 7.10. The average Bonchev–Trinajstić information content (AvgIpc) is 3.20. The lowest BCUT2D eigenvalue weighted by atomic mass is 9.91. The molecule has 2 amide bonds. The summed E-state index contributed by atoms with van der Waals surface area (Å²) in [5, 5.41) is 2.76. The predicted octanol–water partition coefficient (Wildman–Crippen LogP) is 5.18. The first-order chi connectivity index (χ1) is 15.2. The number of carbonyl (C=O) groups is 2. The van der Waals surface area contributed by atoms with Gasteiger partial charge < -0.3 is 14.5 Å². The molecule has 5 nitrogen and oxygen atoms in total. The first kappa shape index (κ1) is 24.7. The molecule has 1 aromatic heterocycles. The Labute approximate surface area is 200 Å². The summed E-state index contributed by atoms with van der Waals surface area (Å²) >= 11 is 7.85. The van der Waals surface area contributed by atoms with E-state index in [0.29, 0.717) is 37.6 Å². The van der Waals surface area contributed by atoms with Crippen LogP contribution >= 0.6 is 22.9 Å². The summed E-state index contributed by atoms with van der Waals surface area (Å²) in [5.41, 5.74) is 2.07. The van der Waals surface area contributed by atoms with Crippen molar-refractivity contribution in [2.24, 2.45) is 5.41 Å². The molecule has 1 aliphatic rings. The fourth-order valence-corrected chi connectivity index (χ4v) is 5.13. The van der Waals surface area contributed by atoms with Gasteiger partial charge in [0.05, 0.1) is 12.6 Å². The Bertz CT molecular complexity index is 920. The number of rotatable bonds is 8. The van der Waals surface area contributed by atoms with Crippen LogP contribution in [0.25, 0.3) is 0 Å². The van der Waals surface area contributed by atoms with E-state index in [4.69, 9.17) is 16.3 Å². The SMILES string of the molecule is COCCCN(CC(=O)N1CCc2sccc2C1c1ccc(Cl)cc1)C(=O)CC(C)(C)C. The van der Waals surface area contributed by atoms with Crippen LogP contribution in [0.5, 0.6) is 0 Å². The topological polar surface area (TPSA) is 49.9 Å². The minimum absolute atomic E-state index is 0.0122. The van der Waals surface area contributed by atoms with E-state index in [1.54, 1.807) is 23.3 Å². The third-order valence-corrected chi connectivity index (χ3v) is 6.86. The summed E-state index contributed by atoms with van der Waals surface area (Å²) in [7, 11) is 1.65. The molecule has 0 N–H and O–H groups in total. The molecule has 0 saturated heterocycles. The van der Waals surface area contributed by atoms with Gasteiger partial charge in [0.2, 0.25) is 11.8 Å². The second-order valence-electron chi connectivity index (χ2n) is 9.49. The van der Waals surface area contributed by atoms with Crippen LogP contribution in [0.1, 0.15) is 55.7 Å². The molecule has 0 spiro atoms. The van der Waals surface area contributed by atoms with Crippen LogP contribution in [0.3, 0.4) is 0 Å². The molecule has 1 unspecified atom stereocenters. The van der Waals surface area contributed by atoms with Gasteiger partial charge in [-0.3, -0.25) is 9.59 Å². The Balaban J connectivity index is 1.83. The molecule has 2 aromatic rings. The maximum atomic E-state index is 13.6. The highest BCUT2D eigenvalue weighted by Gasteiger charge is 2.34. The van der Waals surface area contributed by atoms with E-state index in [9.17, 15) is 9.59 Å². The standard InChI is InChI=1S/C25H33ClN2O3S/c1-25(2,3)16-22(29)27(12-5-14-31-4)17-23(30)28-13-10-21-20(11-15-32-21)24(28)18-6-8-19(26)9-7-18/h6-9,11,15,24H,5,10,12-14,16-17H2,1-4H3.